The zero-order chi connectivity index (χ0) is 9.68. The standard InChI is InChI=1S/C9H21N3O/c1-11-4-5-12(3-2-6-13)9(7-10)8-11/h9,13H,2-8,10H2,1H3. The highest BCUT2D eigenvalue weighted by molar-refractivity contribution is 4.81. The number of nitrogens with zero attached hydrogens (tertiary/aromatic N) is 2. The van der Waals surface area contributed by atoms with Crippen LogP contribution in [0.15, 0.2) is 0 Å². The largest absolute Gasteiger partial charge is 0.396 e. The monoisotopic (exact) mass is 187 g/mol. The van der Waals surface area contributed by atoms with E-state index in [-0.39, 0.29) is 6.61 Å². The molecule has 0 aliphatic carbocycles. The Balaban J connectivity index is 2.33. The van der Waals surface area contributed by atoms with E-state index in [0.29, 0.717) is 6.04 Å². The normalized spacial score (nSPS) is 26.5. The van der Waals surface area contributed by atoms with Crippen LogP contribution in [0.5, 0.6) is 0 Å². The molecular formula is C9H21N3O. The van der Waals surface area contributed by atoms with E-state index in [2.05, 4.69) is 16.8 Å². The summed E-state index contributed by atoms with van der Waals surface area (Å²) < 4.78 is 0. The molecule has 1 fully saturated rings. The maximum atomic E-state index is 8.74. The summed E-state index contributed by atoms with van der Waals surface area (Å²) in [5, 5.41) is 8.74. The summed E-state index contributed by atoms with van der Waals surface area (Å²) in [6.07, 6.45) is 0.861. The lowest BCUT2D eigenvalue weighted by Crippen LogP contribution is -2.54. The van der Waals surface area contributed by atoms with E-state index in [4.69, 9.17) is 10.8 Å². The summed E-state index contributed by atoms with van der Waals surface area (Å²) in [5.41, 5.74) is 5.70. The van der Waals surface area contributed by atoms with Crippen LogP contribution in [0.1, 0.15) is 6.42 Å². The highest BCUT2D eigenvalue weighted by Gasteiger charge is 2.22. The molecule has 4 nitrogen and oxygen atoms in total. The molecule has 1 unspecified atom stereocenters. The lowest BCUT2D eigenvalue weighted by molar-refractivity contribution is 0.0878. The first kappa shape index (κ1) is 10.9. The molecule has 3 N–H and O–H groups in total. The first-order valence-electron chi connectivity index (χ1n) is 5.01. The van der Waals surface area contributed by atoms with Gasteiger partial charge in [0.25, 0.3) is 0 Å². The molecule has 13 heavy (non-hydrogen) atoms. The van der Waals surface area contributed by atoms with Gasteiger partial charge in [0.05, 0.1) is 0 Å². The Bertz CT molecular complexity index is 141. The summed E-state index contributed by atoms with van der Waals surface area (Å²) in [7, 11) is 2.13. The Kier molecular flexibility index (Phi) is 4.66. The minimum absolute atomic E-state index is 0.281. The van der Waals surface area contributed by atoms with Gasteiger partial charge in [0, 0.05) is 45.4 Å². The summed E-state index contributed by atoms with van der Waals surface area (Å²) in [4.78, 5) is 4.70. The number of piperazine rings is 1. The van der Waals surface area contributed by atoms with E-state index in [9.17, 15) is 0 Å². The third kappa shape index (κ3) is 3.23. The van der Waals surface area contributed by atoms with Crippen molar-refractivity contribution in [3.05, 3.63) is 0 Å². The molecule has 4 heteroatoms. The van der Waals surface area contributed by atoms with Crippen molar-refractivity contribution < 1.29 is 5.11 Å². The number of hydrogen-bond donors (Lipinski definition) is 2. The fourth-order valence-corrected chi connectivity index (χ4v) is 1.84. The third-order valence-electron chi connectivity index (χ3n) is 2.68. The molecule has 1 aliphatic heterocycles. The Labute approximate surface area is 80.3 Å². The number of rotatable bonds is 4. The van der Waals surface area contributed by atoms with Crippen molar-refractivity contribution in [1.29, 1.82) is 0 Å². The highest BCUT2D eigenvalue weighted by atomic mass is 16.3. The second-order valence-electron chi connectivity index (χ2n) is 3.76. The van der Waals surface area contributed by atoms with Crippen LogP contribution in [0.2, 0.25) is 0 Å². The molecule has 1 rings (SSSR count). The van der Waals surface area contributed by atoms with Crippen LogP contribution >= 0.6 is 0 Å². The van der Waals surface area contributed by atoms with Crippen LogP contribution in [0.3, 0.4) is 0 Å². The summed E-state index contributed by atoms with van der Waals surface area (Å²) in [6.45, 7) is 5.23. The number of hydrogen-bond acceptors (Lipinski definition) is 4. The smallest absolute Gasteiger partial charge is 0.0443 e. The molecule has 1 saturated heterocycles. The summed E-state index contributed by atoms with van der Waals surface area (Å²) in [5.74, 6) is 0. The van der Waals surface area contributed by atoms with E-state index in [1.54, 1.807) is 0 Å². The average Bonchev–Trinajstić information content (AvgIpc) is 2.16. The lowest BCUT2D eigenvalue weighted by Gasteiger charge is -2.39. The molecule has 0 saturated carbocycles. The molecule has 0 aromatic rings. The number of likely N-dealkylation sites (N-methyl/N-ethyl adjacent to an activating group) is 1. The van der Waals surface area contributed by atoms with Crippen LogP contribution < -0.4 is 5.73 Å². The molecule has 0 aromatic heterocycles. The van der Waals surface area contributed by atoms with Crippen LogP contribution in [-0.2, 0) is 0 Å². The van der Waals surface area contributed by atoms with Crippen molar-refractivity contribution in [3.8, 4) is 0 Å². The van der Waals surface area contributed by atoms with E-state index in [1.807, 2.05) is 0 Å². The van der Waals surface area contributed by atoms with Crippen molar-refractivity contribution in [2.24, 2.45) is 5.73 Å². The van der Waals surface area contributed by atoms with Gasteiger partial charge < -0.3 is 15.7 Å². The van der Waals surface area contributed by atoms with E-state index >= 15 is 0 Å². The van der Waals surface area contributed by atoms with Gasteiger partial charge >= 0.3 is 0 Å². The SMILES string of the molecule is CN1CCN(CCCO)C(CN)C1. The number of nitrogens with two attached hydrogens (primary N) is 1. The maximum Gasteiger partial charge on any atom is 0.0443 e. The Hall–Kier alpha value is -0.160. The van der Waals surface area contributed by atoms with Crippen LogP contribution in [0, 0.1) is 0 Å². The Morgan fingerprint density at radius 2 is 2.23 bits per heavy atom. The average molecular weight is 187 g/mol. The van der Waals surface area contributed by atoms with Crippen molar-refractivity contribution in [2.75, 3.05) is 46.4 Å². The Morgan fingerprint density at radius 3 is 2.85 bits per heavy atom. The van der Waals surface area contributed by atoms with E-state index in [0.717, 1.165) is 39.1 Å². The zero-order valence-corrected chi connectivity index (χ0v) is 8.45. The van der Waals surface area contributed by atoms with Gasteiger partial charge in [-0.15, -0.1) is 0 Å². The van der Waals surface area contributed by atoms with Crippen molar-refractivity contribution in [2.45, 2.75) is 12.5 Å². The van der Waals surface area contributed by atoms with Gasteiger partial charge in [-0.25, -0.2) is 0 Å². The van der Waals surface area contributed by atoms with Gasteiger partial charge in [-0.05, 0) is 13.5 Å². The molecule has 0 amide bonds. The van der Waals surface area contributed by atoms with Crippen LogP contribution in [-0.4, -0.2) is 67.3 Å². The lowest BCUT2D eigenvalue weighted by atomic mass is 10.1. The van der Waals surface area contributed by atoms with Crippen molar-refractivity contribution >= 4 is 0 Å². The van der Waals surface area contributed by atoms with Crippen LogP contribution in [0.25, 0.3) is 0 Å². The fraction of sp³-hybridized carbons (Fsp3) is 1.00. The minimum Gasteiger partial charge on any atom is -0.396 e. The van der Waals surface area contributed by atoms with Gasteiger partial charge in [0.15, 0.2) is 0 Å². The quantitative estimate of drug-likeness (QED) is 0.589. The van der Waals surface area contributed by atoms with Gasteiger partial charge in [-0.2, -0.15) is 0 Å². The molecule has 78 valence electrons. The molecule has 1 atom stereocenters. The van der Waals surface area contributed by atoms with E-state index < -0.39 is 0 Å². The van der Waals surface area contributed by atoms with Crippen LogP contribution in [0.4, 0.5) is 0 Å². The highest BCUT2D eigenvalue weighted by Crippen LogP contribution is 2.07. The van der Waals surface area contributed by atoms with Crippen molar-refractivity contribution in [1.82, 2.24) is 9.80 Å². The third-order valence-corrected chi connectivity index (χ3v) is 2.68. The van der Waals surface area contributed by atoms with Gasteiger partial charge in [-0.3, -0.25) is 4.90 Å². The molecule has 0 spiro atoms. The molecule has 0 aromatic carbocycles. The second-order valence-corrected chi connectivity index (χ2v) is 3.76. The zero-order valence-electron chi connectivity index (χ0n) is 8.45. The summed E-state index contributed by atoms with van der Waals surface area (Å²) in [6, 6.07) is 0.477. The summed E-state index contributed by atoms with van der Waals surface area (Å²) >= 11 is 0. The Morgan fingerprint density at radius 1 is 1.46 bits per heavy atom. The predicted octanol–water partition coefficient (Wildman–Crippen LogP) is -1.06. The number of aliphatic hydroxyl groups excluding tert-OH is 1. The maximum absolute atomic E-state index is 8.74. The van der Waals surface area contributed by atoms with E-state index in [1.165, 1.54) is 0 Å². The molecular weight excluding hydrogens is 166 g/mol. The molecule has 1 heterocycles. The fourth-order valence-electron chi connectivity index (χ4n) is 1.84. The van der Waals surface area contributed by atoms with Gasteiger partial charge in [0.2, 0.25) is 0 Å². The molecule has 0 bridgehead atoms. The first-order chi connectivity index (χ1) is 6.27. The van der Waals surface area contributed by atoms with Gasteiger partial charge in [0.1, 0.15) is 0 Å². The van der Waals surface area contributed by atoms with Gasteiger partial charge in [-0.1, -0.05) is 0 Å². The second kappa shape index (κ2) is 5.54. The van der Waals surface area contributed by atoms with Crippen molar-refractivity contribution in [3.63, 3.8) is 0 Å². The number of aliphatic hydroxyl groups is 1. The predicted molar refractivity (Wildman–Crippen MR) is 53.6 cm³/mol. The minimum atomic E-state index is 0.281. The topological polar surface area (TPSA) is 52.7 Å². The molecule has 0 radical (unpaired) electrons. The first-order valence-corrected chi connectivity index (χ1v) is 5.01. The molecule has 1 aliphatic rings.